The van der Waals surface area contributed by atoms with Gasteiger partial charge >= 0.3 is 0 Å². The summed E-state index contributed by atoms with van der Waals surface area (Å²) in [6.07, 6.45) is -0.561. The molecule has 2 rings (SSSR count). The second-order valence-corrected chi connectivity index (χ2v) is 5.08. The molecule has 1 saturated heterocycles. The molecule has 1 N–H and O–H groups in total. The Morgan fingerprint density at radius 3 is 2.22 bits per heavy atom. The van der Waals surface area contributed by atoms with Crippen molar-refractivity contribution >= 4 is 0 Å². The van der Waals surface area contributed by atoms with E-state index < -0.39 is 6.10 Å². The summed E-state index contributed by atoms with van der Waals surface area (Å²) in [5.74, 6) is -0.266. The van der Waals surface area contributed by atoms with E-state index in [-0.39, 0.29) is 11.9 Å². The molecule has 1 heterocycles. The molecular formula is C14H21FN2O. The van der Waals surface area contributed by atoms with Crippen molar-refractivity contribution < 1.29 is 9.50 Å². The van der Waals surface area contributed by atoms with Crippen LogP contribution in [0.2, 0.25) is 0 Å². The number of piperazine rings is 1. The number of hydrogen-bond acceptors (Lipinski definition) is 3. The fraction of sp³-hybridized carbons (Fsp3) is 0.571. The third kappa shape index (κ3) is 3.07. The van der Waals surface area contributed by atoms with Gasteiger partial charge in [-0.1, -0.05) is 12.1 Å². The van der Waals surface area contributed by atoms with E-state index in [0.29, 0.717) is 0 Å². The lowest BCUT2D eigenvalue weighted by atomic mass is 10.0. The summed E-state index contributed by atoms with van der Waals surface area (Å²) < 4.78 is 12.9. The number of nitrogens with zero attached hydrogens (tertiary/aromatic N) is 2. The van der Waals surface area contributed by atoms with Crippen LogP contribution in [0.25, 0.3) is 0 Å². The Labute approximate surface area is 108 Å². The first-order chi connectivity index (χ1) is 8.58. The summed E-state index contributed by atoms with van der Waals surface area (Å²) in [4.78, 5) is 4.57. The number of halogens is 1. The topological polar surface area (TPSA) is 26.7 Å². The van der Waals surface area contributed by atoms with Crippen LogP contribution in [0.15, 0.2) is 24.3 Å². The Kier molecular flexibility index (Phi) is 4.32. The first-order valence-electron chi connectivity index (χ1n) is 6.44. The van der Waals surface area contributed by atoms with E-state index in [1.54, 1.807) is 12.1 Å². The number of likely N-dealkylation sites (N-methyl/N-ethyl adjacent to an activating group) is 1. The van der Waals surface area contributed by atoms with Crippen molar-refractivity contribution in [2.45, 2.75) is 19.1 Å². The molecule has 1 aromatic carbocycles. The van der Waals surface area contributed by atoms with Gasteiger partial charge < -0.3 is 10.0 Å². The maximum Gasteiger partial charge on any atom is 0.123 e. The molecule has 0 unspecified atom stereocenters. The Morgan fingerprint density at radius 1 is 1.11 bits per heavy atom. The van der Waals surface area contributed by atoms with Gasteiger partial charge in [-0.05, 0) is 31.7 Å². The number of aliphatic hydroxyl groups excluding tert-OH is 1. The molecular weight excluding hydrogens is 231 g/mol. The first-order valence-corrected chi connectivity index (χ1v) is 6.44. The Hall–Kier alpha value is -0.970. The highest BCUT2D eigenvalue weighted by Gasteiger charge is 2.25. The SMILES string of the molecule is C[C@@H]([C@H](O)c1ccc(F)cc1)N1CCN(C)CC1. The zero-order valence-corrected chi connectivity index (χ0v) is 11.0. The van der Waals surface area contributed by atoms with Gasteiger partial charge in [-0.15, -0.1) is 0 Å². The smallest absolute Gasteiger partial charge is 0.123 e. The van der Waals surface area contributed by atoms with Crippen LogP contribution in [0.5, 0.6) is 0 Å². The molecule has 3 nitrogen and oxygen atoms in total. The molecule has 4 heteroatoms. The Morgan fingerprint density at radius 2 is 1.67 bits per heavy atom. The van der Waals surface area contributed by atoms with Gasteiger partial charge in [0, 0.05) is 32.2 Å². The molecule has 1 fully saturated rings. The normalized spacial score (nSPS) is 21.8. The standard InChI is InChI=1S/C14H21FN2O/c1-11(17-9-7-16(2)8-10-17)14(18)12-3-5-13(15)6-4-12/h3-6,11,14,18H,7-10H2,1-2H3/t11-,14-/m0/s1. The van der Waals surface area contributed by atoms with Crippen LogP contribution in [0.4, 0.5) is 4.39 Å². The van der Waals surface area contributed by atoms with Crippen molar-refractivity contribution in [3.8, 4) is 0 Å². The van der Waals surface area contributed by atoms with Crippen LogP contribution >= 0.6 is 0 Å². The van der Waals surface area contributed by atoms with E-state index in [0.717, 1.165) is 31.7 Å². The van der Waals surface area contributed by atoms with Gasteiger partial charge in [-0.3, -0.25) is 4.90 Å². The summed E-state index contributed by atoms with van der Waals surface area (Å²) in [6, 6.07) is 6.17. The first kappa shape index (κ1) is 13.5. The molecule has 0 amide bonds. The zero-order valence-electron chi connectivity index (χ0n) is 11.0. The van der Waals surface area contributed by atoms with Crippen LogP contribution in [0.1, 0.15) is 18.6 Å². The van der Waals surface area contributed by atoms with Crippen molar-refractivity contribution in [3.05, 3.63) is 35.6 Å². The fourth-order valence-corrected chi connectivity index (χ4v) is 2.37. The third-order valence-corrected chi connectivity index (χ3v) is 3.78. The molecule has 0 bridgehead atoms. The molecule has 1 aliphatic rings. The molecule has 2 atom stereocenters. The molecule has 0 aliphatic carbocycles. The summed E-state index contributed by atoms with van der Waals surface area (Å²) in [7, 11) is 2.11. The molecule has 0 aromatic heterocycles. The second kappa shape index (κ2) is 5.78. The number of rotatable bonds is 3. The molecule has 0 radical (unpaired) electrons. The van der Waals surface area contributed by atoms with Gasteiger partial charge in [0.1, 0.15) is 5.82 Å². The third-order valence-electron chi connectivity index (χ3n) is 3.78. The maximum atomic E-state index is 12.9. The van der Waals surface area contributed by atoms with Crippen molar-refractivity contribution in [1.29, 1.82) is 0 Å². The van der Waals surface area contributed by atoms with E-state index in [1.165, 1.54) is 12.1 Å². The van der Waals surface area contributed by atoms with E-state index in [2.05, 4.69) is 16.8 Å². The minimum Gasteiger partial charge on any atom is -0.387 e. The predicted octanol–water partition coefficient (Wildman–Crippen LogP) is 1.50. The van der Waals surface area contributed by atoms with Crippen LogP contribution < -0.4 is 0 Å². The van der Waals surface area contributed by atoms with E-state index >= 15 is 0 Å². The van der Waals surface area contributed by atoms with Gasteiger partial charge in [0.25, 0.3) is 0 Å². The van der Waals surface area contributed by atoms with Crippen molar-refractivity contribution in [2.24, 2.45) is 0 Å². The number of hydrogen-bond donors (Lipinski definition) is 1. The van der Waals surface area contributed by atoms with Crippen molar-refractivity contribution in [2.75, 3.05) is 33.2 Å². The van der Waals surface area contributed by atoms with Gasteiger partial charge in [0.05, 0.1) is 6.10 Å². The van der Waals surface area contributed by atoms with Gasteiger partial charge in [0.2, 0.25) is 0 Å². The summed E-state index contributed by atoms with van der Waals surface area (Å²) in [5.41, 5.74) is 0.780. The summed E-state index contributed by atoms with van der Waals surface area (Å²) in [5, 5.41) is 10.3. The highest BCUT2D eigenvalue weighted by molar-refractivity contribution is 5.19. The van der Waals surface area contributed by atoms with Gasteiger partial charge in [-0.25, -0.2) is 4.39 Å². The predicted molar refractivity (Wildman–Crippen MR) is 69.9 cm³/mol. The van der Waals surface area contributed by atoms with Crippen LogP contribution in [0.3, 0.4) is 0 Å². The maximum absolute atomic E-state index is 12.9. The van der Waals surface area contributed by atoms with Crippen LogP contribution in [-0.4, -0.2) is 54.2 Å². The van der Waals surface area contributed by atoms with Crippen LogP contribution in [0, 0.1) is 5.82 Å². The highest BCUT2D eigenvalue weighted by Crippen LogP contribution is 2.22. The molecule has 0 saturated carbocycles. The lowest BCUT2D eigenvalue weighted by Crippen LogP contribution is -2.49. The minimum absolute atomic E-state index is 0.0594. The quantitative estimate of drug-likeness (QED) is 0.883. The lowest BCUT2D eigenvalue weighted by molar-refractivity contribution is 0.0315. The zero-order chi connectivity index (χ0) is 13.1. The highest BCUT2D eigenvalue weighted by atomic mass is 19.1. The molecule has 100 valence electrons. The van der Waals surface area contributed by atoms with Crippen molar-refractivity contribution in [3.63, 3.8) is 0 Å². The fourth-order valence-electron chi connectivity index (χ4n) is 2.37. The van der Waals surface area contributed by atoms with E-state index in [1.807, 2.05) is 6.92 Å². The van der Waals surface area contributed by atoms with Crippen LogP contribution in [-0.2, 0) is 0 Å². The minimum atomic E-state index is -0.561. The lowest BCUT2D eigenvalue weighted by Gasteiger charge is -2.38. The second-order valence-electron chi connectivity index (χ2n) is 5.08. The molecule has 1 aliphatic heterocycles. The largest absolute Gasteiger partial charge is 0.387 e. The van der Waals surface area contributed by atoms with E-state index in [4.69, 9.17) is 0 Å². The monoisotopic (exact) mass is 252 g/mol. The average Bonchev–Trinajstić information content (AvgIpc) is 2.39. The summed E-state index contributed by atoms with van der Waals surface area (Å²) >= 11 is 0. The number of aliphatic hydroxyl groups is 1. The van der Waals surface area contributed by atoms with Gasteiger partial charge in [-0.2, -0.15) is 0 Å². The van der Waals surface area contributed by atoms with Gasteiger partial charge in [0.15, 0.2) is 0 Å². The molecule has 18 heavy (non-hydrogen) atoms. The molecule has 1 aromatic rings. The Bertz CT molecular complexity index is 374. The molecule has 0 spiro atoms. The summed E-state index contributed by atoms with van der Waals surface area (Å²) in [6.45, 7) is 6.02. The average molecular weight is 252 g/mol. The Balaban J connectivity index is 1.99. The van der Waals surface area contributed by atoms with Crippen molar-refractivity contribution in [1.82, 2.24) is 9.80 Å². The van der Waals surface area contributed by atoms with E-state index in [9.17, 15) is 9.50 Å². The number of benzene rings is 1.